The van der Waals surface area contributed by atoms with E-state index in [2.05, 4.69) is 5.32 Å². The van der Waals surface area contributed by atoms with Crippen LogP contribution < -0.4 is 10.1 Å². The van der Waals surface area contributed by atoms with Gasteiger partial charge in [-0.15, -0.1) is 0 Å². The van der Waals surface area contributed by atoms with E-state index in [1.54, 1.807) is 7.11 Å². The molecule has 1 N–H and O–H groups in total. The van der Waals surface area contributed by atoms with E-state index in [9.17, 15) is 4.79 Å². The summed E-state index contributed by atoms with van der Waals surface area (Å²) in [5.74, 6) is 2.51. The minimum Gasteiger partial charge on any atom is -0.497 e. The van der Waals surface area contributed by atoms with Gasteiger partial charge in [0, 0.05) is 6.54 Å². The number of rotatable bonds is 7. The van der Waals surface area contributed by atoms with Gasteiger partial charge in [0.05, 0.1) is 19.6 Å². The maximum atomic E-state index is 12.1. The second-order valence-electron chi connectivity index (χ2n) is 5.76. The third kappa shape index (κ3) is 4.86. The summed E-state index contributed by atoms with van der Waals surface area (Å²) in [7, 11) is 5.57. The Hall–Kier alpha value is -2.27. The third-order valence-corrected chi connectivity index (χ3v) is 3.73. The molecule has 1 heterocycles. The minimum absolute atomic E-state index is 0.00899. The highest BCUT2D eigenvalue weighted by molar-refractivity contribution is 5.78. The summed E-state index contributed by atoms with van der Waals surface area (Å²) in [5, 5.41) is 2.98. The number of hydrogen-bond acceptors (Lipinski definition) is 4. The lowest BCUT2D eigenvalue weighted by Gasteiger charge is -2.22. The lowest BCUT2D eigenvalue weighted by Crippen LogP contribution is -2.35. The first kappa shape index (κ1) is 17.1. The molecule has 2 rings (SSSR count). The number of aryl methyl sites for hydroxylation is 1. The maximum absolute atomic E-state index is 12.1. The second kappa shape index (κ2) is 7.83. The predicted octanol–water partition coefficient (Wildman–Crippen LogP) is 2.56. The molecule has 1 atom stereocenters. The second-order valence-corrected chi connectivity index (χ2v) is 5.76. The molecular formula is C18H24N2O3. The number of nitrogens with zero attached hydrogens (tertiary/aromatic N) is 1. The summed E-state index contributed by atoms with van der Waals surface area (Å²) >= 11 is 0. The quantitative estimate of drug-likeness (QED) is 0.853. The summed E-state index contributed by atoms with van der Waals surface area (Å²) in [6.07, 6.45) is 0.349. The number of hydrogen-bond donors (Lipinski definition) is 1. The van der Waals surface area contributed by atoms with E-state index in [4.69, 9.17) is 9.15 Å². The number of carbonyl (C=O) groups is 1. The number of amides is 1. The number of furan rings is 1. The van der Waals surface area contributed by atoms with Crippen molar-refractivity contribution in [3.8, 4) is 5.75 Å². The highest BCUT2D eigenvalue weighted by Crippen LogP contribution is 2.20. The normalized spacial score (nSPS) is 12.2. The molecule has 0 aliphatic carbocycles. The molecule has 0 aliphatic heterocycles. The van der Waals surface area contributed by atoms with E-state index in [1.807, 2.05) is 62.3 Å². The Labute approximate surface area is 137 Å². The molecule has 1 unspecified atom stereocenters. The van der Waals surface area contributed by atoms with Crippen LogP contribution in [0.2, 0.25) is 0 Å². The van der Waals surface area contributed by atoms with Crippen LogP contribution in [0.3, 0.4) is 0 Å². The average Bonchev–Trinajstić information content (AvgIpc) is 2.94. The molecule has 0 fully saturated rings. The SMILES string of the molecule is COc1ccc(CC(=O)NCC(c2ccc(C)o2)N(C)C)cc1. The standard InChI is InChI=1S/C18H24N2O3/c1-13-5-10-17(23-13)16(20(2)3)12-19-18(21)11-14-6-8-15(22-4)9-7-14/h5-10,16H,11-12H2,1-4H3,(H,19,21). The van der Waals surface area contributed by atoms with E-state index in [-0.39, 0.29) is 11.9 Å². The van der Waals surface area contributed by atoms with Crippen molar-refractivity contribution in [1.29, 1.82) is 0 Å². The fourth-order valence-corrected chi connectivity index (χ4v) is 2.37. The largest absolute Gasteiger partial charge is 0.497 e. The molecular weight excluding hydrogens is 292 g/mol. The van der Waals surface area contributed by atoms with Crippen LogP contribution >= 0.6 is 0 Å². The summed E-state index contributed by atoms with van der Waals surface area (Å²) < 4.78 is 10.8. The van der Waals surface area contributed by atoms with Crippen molar-refractivity contribution in [1.82, 2.24) is 10.2 Å². The topological polar surface area (TPSA) is 54.7 Å². The Balaban J connectivity index is 1.90. The first-order valence-corrected chi connectivity index (χ1v) is 7.62. The summed E-state index contributed by atoms with van der Waals surface area (Å²) in [4.78, 5) is 14.2. The molecule has 0 saturated carbocycles. The zero-order chi connectivity index (χ0) is 16.8. The van der Waals surface area contributed by atoms with Gasteiger partial charge in [0.15, 0.2) is 0 Å². The molecule has 23 heavy (non-hydrogen) atoms. The maximum Gasteiger partial charge on any atom is 0.224 e. The molecule has 124 valence electrons. The van der Waals surface area contributed by atoms with Crippen molar-refractivity contribution >= 4 is 5.91 Å². The molecule has 1 amide bonds. The summed E-state index contributed by atoms with van der Waals surface area (Å²) in [5.41, 5.74) is 0.957. The zero-order valence-corrected chi connectivity index (χ0v) is 14.1. The van der Waals surface area contributed by atoms with E-state index >= 15 is 0 Å². The molecule has 5 nitrogen and oxygen atoms in total. The van der Waals surface area contributed by atoms with Crippen LogP contribution in [-0.2, 0) is 11.2 Å². The van der Waals surface area contributed by atoms with Gasteiger partial charge in [0.25, 0.3) is 0 Å². The van der Waals surface area contributed by atoms with E-state index in [1.165, 1.54) is 0 Å². The van der Waals surface area contributed by atoms with Crippen molar-refractivity contribution in [2.75, 3.05) is 27.7 Å². The molecule has 1 aromatic heterocycles. The Kier molecular flexibility index (Phi) is 5.82. The third-order valence-electron chi connectivity index (χ3n) is 3.73. The Morgan fingerprint density at radius 2 is 1.91 bits per heavy atom. The van der Waals surface area contributed by atoms with Gasteiger partial charge in [-0.3, -0.25) is 9.69 Å². The molecule has 1 aromatic carbocycles. The monoisotopic (exact) mass is 316 g/mol. The fourth-order valence-electron chi connectivity index (χ4n) is 2.37. The van der Waals surface area contributed by atoms with Gasteiger partial charge < -0.3 is 14.5 Å². The summed E-state index contributed by atoms with van der Waals surface area (Å²) in [6.45, 7) is 2.42. The van der Waals surface area contributed by atoms with Crippen LogP contribution in [0.15, 0.2) is 40.8 Å². The van der Waals surface area contributed by atoms with Gasteiger partial charge in [-0.25, -0.2) is 0 Å². The van der Waals surface area contributed by atoms with Crippen LogP contribution in [0.5, 0.6) is 5.75 Å². The van der Waals surface area contributed by atoms with Gasteiger partial charge >= 0.3 is 0 Å². The Morgan fingerprint density at radius 3 is 2.43 bits per heavy atom. The van der Waals surface area contributed by atoms with Gasteiger partial charge in [0.2, 0.25) is 5.91 Å². The highest BCUT2D eigenvalue weighted by atomic mass is 16.5. The highest BCUT2D eigenvalue weighted by Gasteiger charge is 2.18. The van der Waals surface area contributed by atoms with Crippen LogP contribution in [0.4, 0.5) is 0 Å². The Morgan fingerprint density at radius 1 is 1.22 bits per heavy atom. The summed E-state index contributed by atoms with van der Waals surface area (Å²) in [6, 6.07) is 11.4. The van der Waals surface area contributed by atoms with Crippen molar-refractivity contribution in [2.24, 2.45) is 0 Å². The van der Waals surface area contributed by atoms with Gasteiger partial charge in [-0.1, -0.05) is 12.1 Å². The van der Waals surface area contributed by atoms with E-state index in [0.29, 0.717) is 13.0 Å². The smallest absolute Gasteiger partial charge is 0.224 e. The zero-order valence-electron chi connectivity index (χ0n) is 14.1. The molecule has 2 aromatic rings. The number of likely N-dealkylation sites (N-methyl/N-ethyl adjacent to an activating group) is 1. The van der Waals surface area contributed by atoms with Gasteiger partial charge in [-0.2, -0.15) is 0 Å². The van der Waals surface area contributed by atoms with E-state index in [0.717, 1.165) is 22.8 Å². The molecule has 0 bridgehead atoms. The molecule has 0 spiro atoms. The van der Waals surface area contributed by atoms with E-state index < -0.39 is 0 Å². The number of ether oxygens (including phenoxy) is 1. The lowest BCUT2D eigenvalue weighted by atomic mass is 10.1. The van der Waals surface area contributed by atoms with Crippen LogP contribution in [0.25, 0.3) is 0 Å². The fraction of sp³-hybridized carbons (Fsp3) is 0.389. The van der Waals surface area contributed by atoms with Crippen molar-refractivity contribution in [2.45, 2.75) is 19.4 Å². The molecule has 0 radical (unpaired) electrons. The van der Waals surface area contributed by atoms with Crippen molar-refractivity contribution in [3.63, 3.8) is 0 Å². The van der Waals surface area contributed by atoms with Crippen molar-refractivity contribution < 1.29 is 13.9 Å². The first-order valence-electron chi connectivity index (χ1n) is 7.62. The van der Waals surface area contributed by atoms with Gasteiger partial charge in [-0.05, 0) is 50.8 Å². The average molecular weight is 316 g/mol. The number of benzene rings is 1. The van der Waals surface area contributed by atoms with Crippen molar-refractivity contribution in [3.05, 3.63) is 53.5 Å². The van der Waals surface area contributed by atoms with Crippen LogP contribution in [-0.4, -0.2) is 38.6 Å². The van der Waals surface area contributed by atoms with Crippen LogP contribution in [0.1, 0.15) is 23.1 Å². The number of carbonyl (C=O) groups excluding carboxylic acids is 1. The minimum atomic E-state index is -0.00899. The lowest BCUT2D eigenvalue weighted by molar-refractivity contribution is -0.120. The number of nitrogens with one attached hydrogen (secondary N) is 1. The number of methoxy groups -OCH3 is 1. The molecule has 5 heteroatoms. The molecule has 0 aliphatic rings. The first-order chi connectivity index (χ1) is 11.0. The van der Waals surface area contributed by atoms with Gasteiger partial charge in [0.1, 0.15) is 17.3 Å². The molecule has 0 saturated heterocycles. The predicted molar refractivity (Wildman–Crippen MR) is 89.6 cm³/mol. The van der Waals surface area contributed by atoms with Crippen LogP contribution in [0, 0.1) is 6.92 Å². The Bertz CT molecular complexity index is 632.